The topological polar surface area (TPSA) is 63.3 Å². The van der Waals surface area contributed by atoms with E-state index in [2.05, 4.69) is 6.92 Å². The van der Waals surface area contributed by atoms with Gasteiger partial charge in [0, 0.05) is 32.7 Å². The Morgan fingerprint density at radius 1 is 2.12 bits per heavy atom. The van der Waals surface area contributed by atoms with Crippen LogP contribution in [0.1, 0.15) is 6.42 Å². The van der Waals surface area contributed by atoms with E-state index >= 15 is 0 Å². The first-order chi connectivity index (χ1) is 3.72. The first kappa shape index (κ1) is 8.53. The summed E-state index contributed by atoms with van der Waals surface area (Å²) in [6.07, 6.45) is 0.193. The van der Waals surface area contributed by atoms with Crippen molar-refractivity contribution in [2.75, 3.05) is 0 Å². The molecule has 0 bridgehead atoms. The summed E-state index contributed by atoms with van der Waals surface area (Å²) in [5.41, 5.74) is 1.84. The van der Waals surface area contributed by atoms with Gasteiger partial charge >= 0.3 is 5.97 Å². The number of rotatable bonds is 3. The molecule has 0 amide bonds. The Hall–Kier alpha value is 0.534. The van der Waals surface area contributed by atoms with Crippen LogP contribution in [0, 0.1) is 6.92 Å². The van der Waals surface area contributed by atoms with Gasteiger partial charge in [-0.05, 0) is 0 Å². The minimum Gasteiger partial charge on any atom is -0.480 e. The van der Waals surface area contributed by atoms with E-state index in [0.717, 1.165) is 0 Å². The van der Waals surface area contributed by atoms with Crippen LogP contribution in [0.5, 0.6) is 0 Å². The maximum atomic E-state index is 9.94. The van der Waals surface area contributed by atoms with Crippen LogP contribution >= 0.6 is 0 Å². The summed E-state index contributed by atoms with van der Waals surface area (Å²) in [4.78, 5) is 9.94. The zero-order valence-electron chi connectivity index (χ0n) is 5.42. The van der Waals surface area contributed by atoms with Crippen molar-refractivity contribution in [3.05, 3.63) is 6.92 Å². The molecule has 1 unspecified atom stereocenters. The Morgan fingerprint density at radius 3 is 2.62 bits per heavy atom. The van der Waals surface area contributed by atoms with Crippen molar-refractivity contribution >= 4 is 5.97 Å². The van der Waals surface area contributed by atoms with Gasteiger partial charge in [0.2, 0.25) is 0 Å². The monoisotopic (exact) mass is 193 g/mol. The number of nitrogens with two attached hydrogens (primary N) is 1. The van der Waals surface area contributed by atoms with Crippen LogP contribution in [-0.2, 0) is 37.5 Å². The molecule has 0 aromatic carbocycles. The molecule has 0 saturated carbocycles. The second kappa shape index (κ2) is 5.67. The van der Waals surface area contributed by atoms with Gasteiger partial charge in [-0.1, -0.05) is 0 Å². The molecule has 0 spiro atoms. The SMILES string of the molecule is [3H]NC(C[CH2-])C(=O)O.[Y]. The van der Waals surface area contributed by atoms with Crippen LogP contribution in [0.2, 0.25) is 1.41 Å². The van der Waals surface area contributed by atoms with E-state index in [0.29, 0.717) is 0 Å². The van der Waals surface area contributed by atoms with E-state index in [-0.39, 0.29) is 39.1 Å². The predicted molar refractivity (Wildman–Crippen MR) is 25.6 cm³/mol. The molecule has 0 aliphatic rings. The van der Waals surface area contributed by atoms with Gasteiger partial charge in [0.1, 0.15) is 1.41 Å². The quantitative estimate of drug-likeness (QED) is 0.600. The Labute approximate surface area is 75.0 Å². The number of carboxylic acids is 1. The summed E-state index contributed by atoms with van der Waals surface area (Å²) in [7, 11) is 0. The third-order valence-corrected chi connectivity index (χ3v) is 0.587. The second-order valence-corrected chi connectivity index (χ2v) is 1.18. The summed E-state index contributed by atoms with van der Waals surface area (Å²) in [5.74, 6) is -1.03. The number of aliphatic carboxylic acids is 1. The van der Waals surface area contributed by atoms with E-state index in [1.165, 1.54) is 0 Å². The fraction of sp³-hybridized carbons (Fsp3) is 0.500. The van der Waals surface area contributed by atoms with Gasteiger partial charge in [0.15, 0.2) is 0 Å². The summed E-state index contributed by atoms with van der Waals surface area (Å²) in [6, 6.07) is -0.824. The molecule has 0 aliphatic carbocycles. The van der Waals surface area contributed by atoms with Crippen molar-refractivity contribution in [1.29, 1.82) is 0 Å². The largest absolute Gasteiger partial charge is 0.480 e. The third-order valence-electron chi connectivity index (χ3n) is 0.587. The van der Waals surface area contributed by atoms with E-state index in [1.807, 2.05) is 5.73 Å². The van der Waals surface area contributed by atoms with Gasteiger partial charge in [-0.3, -0.25) is 4.79 Å². The molecule has 1 atom stereocenters. The normalized spacial score (nSPS) is 13.4. The van der Waals surface area contributed by atoms with Crippen molar-refractivity contribution in [1.82, 2.24) is 0 Å². The molecule has 0 heterocycles. The first-order valence-corrected chi connectivity index (χ1v) is 1.91. The molecule has 0 fully saturated rings. The third kappa shape index (κ3) is 4.69. The molecule has 0 aromatic rings. The Kier molecular flexibility index (Phi) is 6.04. The first-order valence-electron chi connectivity index (χ1n) is 2.41. The maximum absolute atomic E-state index is 9.94. The smallest absolute Gasteiger partial charge is 0.317 e. The number of carbonyl (C=O) groups is 1. The molecule has 0 aromatic heterocycles. The van der Waals surface area contributed by atoms with Crippen LogP contribution in [-0.4, -0.2) is 17.1 Å². The fourth-order valence-electron chi connectivity index (χ4n) is 0.123. The van der Waals surface area contributed by atoms with E-state index in [1.54, 1.807) is 0 Å². The molecule has 3 N–H and O–H groups in total. The van der Waals surface area contributed by atoms with Crippen LogP contribution in [0.25, 0.3) is 0 Å². The van der Waals surface area contributed by atoms with Gasteiger partial charge in [-0.15, -0.1) is 0 Å². The summed E-state index contributed by atoms with van der Waals surface area (Å²) in [6.45, 7) is 3.31. The van der Waals surface area contributed by atoms with Crippen molar-refractivity contribution in [3.8, 4) is 0 Å². The van der Waals surface area contributed by atoms with Crippen LogP contribution in [0.3, 0.4) is 0 Å². The minimum absolute atomic E-state index is 0. The Bertz CT molecular complexity index is 86.6. The molecule has 4 heteroatoms. The average molecular weight is 193 g/mol. The molecule has 0 rings (SSSR count). The fourth-order valence-corrected chi connectivity index (χ4v) is 0.123. The second-order valence-electron chi connectivity index (χ2n) is 1.18. The Balaban J connectivity index is 0. The van der Waals surface area contributed by atoms with Crippen LogP contribution in [0.15, 0.2) is 0 Å². The van der Waals surface area contributed by atoms with Gasteiger partial charge in [0.05, 0.1) is 6.04 Å². The van der Waals surface area contributed by atoms with Gasteiger partial charge in [-0.2, -0.15) is 6.42 Å². The van der Waals surface area contributed by atoms with Crippen molar-refractivity contribution in [2.45, 2.75) is 12.5 Å². The molecular formula is C4H8NO2Y-. The Morgan fingerprint density at radius 2 is 2.62 bits per heavy atom. The molecular weight excluding hydrogens is 183 g/mol. The molecule has 0 aliphatic heterocycles. The molecule has 0 saturated heterocycles. The molecule has 45 valence electrons. The molecule has 1 radical (unpaired) electrons. The van der Waals surface area contributed by atoms with Crippen molar-refractivity contribution in [2.24, 2.45) is 5.73 Å². The van der Waals surface area contributed by atoms with Gasteiger partial charge < -0.3 is 17.8 Å². The maximum Gasteiger partial charge on any atom is 0.317 e. The zero-order valence-corrected chi connectivity index (χ0v) is 7.26. The number of carboxylic acid groups (broad SMARTS) is 1. The predicted octanol–water partition coefficient (Wildman–Crippen LogP) is -0.380. The van der Waals surface area contributed by atoms with Gasteiger partial charge in [-0.25, -0.2) is 0 Å². The van der Waals surface area contributed by atoms with E-state index in [4.69, 9.17) is 6.52 Å². The molecule has 8 heavy (non-hydrogen) atoms. The number of hydrogen-bond donors (Lipinski definition) is 2. The minimum atomic E-state index is -1.03. The summed E-state index contributed by atoms with van der Waals surface area (Å²) >= 11 is 0. The van der Waals surface area contributed by atoms with Crippen LogP contribution in [0.4, 0.5) is 0 Å². The van der Waals surface area contributed by atoms with Gasteiger partial charge in [0.25, 0.3) is 0 Å². The van der Waals surface area contributed by atoms with Crippen molar-refractivity contribution in [3.63, 3.8) is 0 Å². The van der Waals surface area contributed by atoms with Crippen molar-refractivity contribution < 1.29 is 44.0 Å². The van der Waals surface area contributed by atoms with E-state index in [9.17, 15) is 4.79 Å². The van der Waals surface area contributed by atoms with E-state index < -0.39 is 12.0 Å². The summed E-state index contributed by atoms with van der Waals surface area (Å²) in [5, 5.41) is 8.15. The standard InChI is InChI=1S/C4H8NO2.Y/c1-2-3(5)4(6)7;/h3H,1-2,5H2,(H,6,7);/q-1;/i/hT. The molecule has 3 nitrogen and oxygen atoms in total. The average Bonchev–Trinajstić information content (AvgIpc) is 1.69. The number of hydrogen-bond acceptors (Lipinski definition) is 2. The zero-order chi connectivity index (χ0) is 6.57. The summed E-state index contributed by atoms with van der Waals surface area (Å²) < 4.78 is 6.42. The van der Waals surface area contributed by atoms with Crippen LogP contribution < -0.4 is 5.73 Å².